The molecule has 0 N–H and O–H groups in total. The van der Waals surface area contributed by atoms with Gasteiger partial charge in [-0.05, 0) is 32.9 Å². The Kier molecular flexibility index (Phi) is 6.64. The summed E-state index contributed by atoms with van der Waals surface area (Å²) >= 11 is 1.41. The van der Waals surface area contributed by atoms with Crippen molar-refractivity contribution < 1.29 is 19.0 Å². The van der Waals surface area contributed by atoms with Gasteiger partial charge < -0.3 is 19.1 Å². The maximum absolute atomic E-state index is 13.1. The minimum Gasteiger partial charge on any atom is -0.493 e. The molecule has 1 aliphatic rings. The van der Waals surface area contributed by atoms with Crippen LogP contribution in [-0.4, -0.2) is 74.2 Å². The normalized spacial score (nSPS) is 14.9. The van der Waals surface area contributed by atoms with E-state index in [0.29, 0.717) is 28.2 Å². The van der Waals surface area contributed by atoms with Gasteiger partial charge >= 0.3 is 0 Å². The number of ether oxygens (including phenoxy) is 3. The van der Waals surface area contributed by atoms with Gasteiger partial charge in [-0.15, -0.1) is 11.3 Å². The molecule has 0 radical (unpaired) electrons. The van der Waals surface area contributed by atoms with Crippen molar-refractivity contribution in [2.24, 2.45) is 0 Å². The highest BCUT2D eigenvalue weighted by Gasteiger charge is 2.27. The molecular weight excluding hydrogens is 390 g/mol. The Hall–Kier alpha value is -2.32. The number of nitrogens with zero attached hydrogens (tertiary/aromatic N) is 3. The van der Waals surface area contributed by atoms with Gasteiger partial charge in [-0.25, -0.2) is 4.98 Å². The van der Waals surface area contributed by atoms with Crippen LogP contribution in [0.25, 0.3) is 10.6 Å². The maximum atomic E-state index is 13.1. The lowest BCUT2D eigenvalue weighted by Crippen LogP contribution is -2.50. The molecule has 1 fully saturated rings. The van der Waals surface area contributed by atoms with E-state index in [1.165, 1.54) is 11.3 Å². The van der Waals surface area contributed by atoms with E-state index in [2.05, 4.69) is 23.7 Å². The largest absolute Gasteiger partial charge is 0.493 e. The van der Waals surface area contributed by atoms with E-state index in [-0.39, 0.29) is 5.91 Å². The van der Waals surface area contributed by atoms with Crippen molar-refractivity contribution in [2.75, 3.05) is 47.5 Å². The molecule has 0 saturated carbocycles. The predicted molar refractivity (Wildman–Crippen MR) is 115 cm³/mol. The Morgan fingerprint density at radius 1 is 1.03 bits per heavy atom. The van der Waals surface area contributed by atoms with Crippen molar-refractivity contribution in [3.8, 4) is 27.8 Å². The quantitative estimate of drug-likeness (QED) is 0.716. The third kappa shape index (κ3) is 4.33. The number of methoxy groups -OCH3 is 3. The first-order valence-corrected chi connectivity index (χ1v) is 10.5. The zero-order chi connectivity index (χ0) is 21.1. The molecule has 1 aromatic heterocycles. The lowest BCUT2D eigenvalue weighted by Gasteiger charge is -2.36. The molecule has 2 aromatic rings. The summed E-state index contributed by atoms with van der Waals surface area (Å²) in [5.74, 6) is 1.72. The van der Waals surface area contributed by atoms with Gasteiger partial charge in [-0.2, -0.15) is 0 Å². The number of carbonyl (C=O) groups excluding carboxylic acids is 1. The molecule has 0 aliphatic carbocycles. The minimum atomic E-state index is 0.0575. The van der Waals surface area contributed by atoms with Crippen LogP contribution in [0.5, 0.6) is 17.2 Å². The van der Waals surface area contributed by atoms with Gasteiger partial charge in [0.15, 0.2) is 11.5 Å². The third-order valence-corrected chi connectivity index (χ3v) is 6.43. The molecule has 1 aliphatic heterocycles. The summed E-state index contributed by atoms with van der Waals surface area (Å²) in [6, 6.07) is 4.22. The number of carbonyl (C=O) groups is 1. The van der Waals surface area contributed by atoms with Gasteiger partial charge in [0, 0.05) is 37.8 Å². The average Bonchev–Trinajstić information content (AvgIpc) is 3.13. The molecule has 1 aromatic carbocycles. The molecule has 1 amide bonds. The zero-order valence-corrected chi connectivity index (χ0v) is 18.8. The fourth-order valence-electron chi connectivity index (χ4n) is 3.51. The number of piperazine rings is 1. The second-order valence-corrected chi connectivity index (χ2v) is 8.27. The Morgan fingerprint density at radius 3 is 2.10 bits per heavy atom. The summed E-state index contributed by atoms with van der Waals surface area (Å²) in [4.78, 5) is 22.8. The van der Waals surface area contributed by atoms with Gasteiger partial charge in [0.1, 0.15) is 9.88 Å². The fraction of sp³-hybridized carbons (Fsp3) is 0.524. The molecule has 1 saturated heterocycles. The van der Waals surface area contributed by atoms with Crippen LogP contribution in [0.2, 0.25) is 0 Å². The first-order valence-electron chi connectivity index (χ1n) is 9.70. The number of hydrogen-bond acceptors (Lipinski definition) is 7. The molecule has 0 unspecified atom stereocenters. The fourth-order valence-corrected chi connectivity index (χ4v) is 4.53. The number of aromatic nitrogens is 1. The second kappa shape index (κ2) is 9.00. The van der Waals surface area contributed by atoms with E-state index < -0.39 is 0 Å². The van der Waals surface area contributed by atoms with Gasteiger partial charge in [0.05, 0.1) is 27.0 Å². The molecule has 0 atom stereocenters. The maximum Gasteiger partial charge on any atom is 0.265 e. The van der Waals surface area contributed by atoms with Crippen molar-refractivity contribution >= 4 is 17.2 Å². The molecular formula is C21H29N3O4S. The van der Waals surface area contributed by atoms with Crippen LogP contribution in [-0.2, 0) is 0 Å². The van der Waals surface area contributed by atoms with Crippen LogP contribution in [0.1, 0.15) is 29.2 Å². The van der Waals surface area contributed by atoms with Gasteiger partial charge in [-0.1, -0.05) is 0 Å². The Morgan fingerprint density at radius 2 is 1.62 bits per heavy atom. The molecule has 29 heavy (non-hydrogen) atoms. The number of amides is 1. The minimum absolute atomic E-state index is 0.0575. The van der Waals surface area contributed by atoms with E-state index >= 15 is 0 Å². The van der Waals surface area contributed by atoms with Crippen molar-refractivity contribution in [3.05, 3.63) is 22.7 Å². The molecule has 0 spiro atoms. The SMILES string of the molecule is COc1cc(-c2nc(C)c(C(=O)N3CCN(C(C)C)CC3)s2)cc(OC)c1OC. The lowest BCUT2D eigenvalue weighted by atomic mass is 10.2. The number of hydrogen-bond donors (Lipinski definition) is 0. The van der Waals surface area contributed by atoms with E-state index in [9.17, 15) is 4.79 Å². The molecule has 2 heterocycles. The summed E-state index contributed by atoms with van der Waals surface area (Å²) < 4.78 is 16.3. The number of thiazole rings is 1. The number of rotatable bonds is 6. The smallest absolute Gasteiger partial charge is 0.265 e. The Balaban J connectivity index is 1.86. The third-order valence-electron chi connectivity index (χ3n) is 5.23. The highest BCUT2D eigenvalue weighted by atomic mass is 32.1. The molecule has 158 valence electrons. The zero-order valence-electron chi connectivity index (χ0n) is 17.9. The predicted octanol–water partition coefficient (Wildman–Crippen LogP) is 3.31. The topological polar surface area (TPSA) is 64.1 Å². The summed E-state index contributed by atoms with van der Waals surface area (Å²) in [6.45, 7) is 9.56. The summed E-state index contributed by atoms with van der Waals surface area (Å²) in [5.41, 5.74) is 1.58. The number of aryl methyl sites for hydroxylation is 1. The van der Waals surface area contributed by atoms with Gasteiger partial charge in [0.2, 0.25) is 5.75 Å². The molecule has 0 bridgehead atoms. The highest BCUT2D eigenvalue weighted by molar-refractivity contribution is 7.17. The summed E-state index contributed by atoms with van der Waals surface area (Å²) in [7, 11) is 4.74. The van der Waals surface area contributed by atoms with Crippen molar-refractivity contribution in [3.63, 3.8) is 0 Å². The van der Waals surface area contributed by atoms with E-state index in [4.69, 9.17) is 14.2 Å². The monoisotopic (exact) mass is 419 g/mol. The summed E-state index contributed by atoms with van der Waals surface area (Å²) in [5, 5.41) is 0.755. The van der Waals surface area contributed by atoms with E-state index in [1.54, 1.807) is 21.3 Å². The second-order valence-electron chi connectivity index (χ2n) is 7.27. The Labute approximate surface area is 176 Å². The number of benzene rings is 1. The lowest BCUT2D eigenvalue weighted by molar-refractivity contribution is 0.0599. The van der Waals surface area contributed by atoms with E-state index in [1.807, 2.05) is 24.0 Å². The van der Waals surface area contributed by atoms with Crippen molar-refractivity contribution in [1.29, 1.82) is 0 Å². The van der Waals surface area contributed by atoms with Crippen molar-refractivity contribution in [2.45, 2.75) is 26.8 Å². The highest BCUT2D eigenvalue weighted by Crippen LogP contribution is 2.42. The first-order chi connectivity index (χ1) is 13.9. The molecule has 8 heteroatoms. The van der Waals surface area contributed by atoms with Gasteiger partial charge in [-0.3, -0.25) is 9.69 Å². The van der Waals surface area contributed by atoms with Crippen LogP contribution >= 0.6 is 11.3 Å². The molecule has 3 rings (SSSR count). The van der Waals surface area contributed by atoms with E-state index in [0.717, 1.165) is 42.4 Å². The van der Waals surface area contributed by atoms with Crippen LogP contribution in [0, 0.1) is 6.92 Å². The van der Waals surface area contributed by atoms with Crippen LogP contribution in [0.15, 0.2) is 12.1 Å². The van der Waals surface area contributed by atoms with Crippen LogP contribution in [0.4, 0.5) is 0 Å². The van der Waals surface area contributed by atoms with Gasteiger partial charge in [0.25, 0.3) is 5.91 Å². The average molecular weight is 420 g/mol. The molecule has 7 nitrogen and oxygen atoms in total. The van der Waals surface area contributed by atoms with Crippen LogP contribution < -0.4 is 14.2 Å². The van der Waals surface area contributed by atoms with Crippen LogP contribution in [0.3, 0.4) is 0 Å². The van der Waals surface area contributed by atoms with Crippen molar-refractivity contribution in [1.82, 2.24) is 14.8 Å². The first kappa shape index (κ1) is 21.4. The Bertz CT molecular complexity index is 848. The standard InChI is InChI=1S/C21H29N3O4S/c1-13(2)23-7-9-24(10-8-23)21(25)19-14(3)22-20(29-19)15-11-16(26-4)18(28-6)17(12-15)27-5/h11-13H,7-10H2,1-6H3. The summed E-state index contributed by atoms with van der Waals surface area (Å²) in [6.07, 6.45) is 0.